The molecule has 1 aromatic carbocycles. The molecule has 0 fully saturated rings. The number of benzene rings is 1. The van der Waals surface area contributed by atoms with Gasteiger partial charge in [-0.05, 0) is 25.0 Å². The van der Waals surface area contributed by atoms with Crippen molar-refractivity contribution in [1.82, 2.24) is 0 Å². The SMILES string of the molecule is Cc1c(-c2cc3ccccc3o2)oc(=O)c(C(C)C)c1O. The van der Waals surface area contributed by atoms with Crippen LogP contribution in [0.1, 0.15) is 30.9 Å². The van der Waals surface area contributed by atoms with Gasteiger partial charge in [0.25, 0.3) is 0 Å². The first kappa shape index (κ1) is 13.5. The van der Waals surface area contributed by atoms with Crippen LogP contribution in [0.3, 0.4) is 0 Å². The molecule has 21 heavy (non-hydrogen) atoms. The maximum atomic E-state index is 12.1. The number of aromatic hydroxyl groups is 1. The Labute approximate surface area is 121 Å². The Hall–Kier alpha value is -2.49. The summed E-state index contributed by atoms with van der Waals surface area (Å²) >= 11 is 0. The third-order valence-corrected chi connectivity index (χ3v) is 3.59. The van der Waals surface area contributed by atoms with Crippen molar-refractivity contribution >= 4 is 11.0 Å². The summed E-state index contributed by atoms with van der Waals surface area (Å²) in [6, 6.07) is 9.34. The number of hydrogen-bond donors (Lipinski definition) is 1. The molecular formula is C17H16O4. The largest absolute Gasteiger partial charge is 0.507 e. The second kappa shape index (κ2) is 4.81. The molecule has 2 heterocycles. The highest BCUT2D eigenvalue weighted by Gasteiger charge is 2.21. The first-order valence-electron chi connectivity index (χ1n) is 6.84. The number of fused-ring (bicyclic) bond motifs is 1. The van der Waals surface area contributed by atoms with Crippen molar-refractivity contribution in [2.75, 3.05) is 0 Å². The average molecular weight is 284 g/mol. The molecule has 0 aliphatic heterocycles. The molecule has 0 aliphatic carbocycles. The predicted octanol–water partition coefficient (Wildman–Crippen LogP) is 4.19. The maximum absolute atomic E-state index is 12.1. The fraction of sp³-hybridized carbons (Fsp3) is 0.235. The van der Waals surface area contributed by atoms with E-state index >= 15 is 0 Å². The molecule has 2 aromatic heterocycles. The highest BCUT2D eigenvalue weighted by atomic mass is 16.4. The van der Waals surface area contributed by atoms with Gasteiger partial charge in [-0.25, -0.2) is 4.79 Å². The Morgan fingerprint density at radius 1 is 1.14 bits per heavy atom. The molecule has 1 N–H and O–H groups in total. The lowest BCUT2D eigenvalue weighted by Gasteiger charge is -2.10. The van der Waals surface area contributed by atoms with Crippen molar-refractivity contribution in [3.63, 3.8) is 0 Å². The molecule has 0 unspecified atom stereocenters. The highest BCUT2D eigenvalue weighted by Crippen LogP contribution is 2.35. The lowest BCUT2D eigenvalue weighted by Crippen LogP contribution is -2.11. The molecule has 0 saturated carbocycles. The van der Waals surface area contributed by atoms with E-state index in [1.807, 2.05) is 38.1 Å². The van der Waals surface area contributed by atoms with E-state index < -0.39 is 5.63 Å². The van der Waals surface area contributed by atoms with Crippen LogP contribution >= 0.6 is 0 Å². The average Bonchev–Trinajstić information content (AvgIpc) is 2.86. The first-order valence-corrected chi connectivity index (χ1v) is 6.84. The van der Waals surface area contributed by atoms with E-state index in [0.29, 0.717) is 22.5 Å². The summed E-state index contributed by atoms with van der Waals surface area (Å²) in [6.45, 7) is 5.39. The minimum absolute atomic E-state index is 0.0169. The van der Waals surface area contributed by atoms with Crippen LogP contribution in [0.2, 0.25) is 0 Å². The van der Waals surface area contributed by atoms with Gasteiger partial charge in [0.05, 0.1) is 5.56 Å². The van der Waals surface area contributed by atoms with Crippen LogP contribution in [0.5, 0.6) is 5.75 Å². The molecule has 4 nitrogen and oxygen atoms in total. The Kier molecular flexibility index (Phi) is 3.09. The van der Waals surface area contributed by atoms with Crippen molar-refractivity contribution in [3.8, 4) is 17.3 Å². The van der Waals surface area contributed by atoms with Crippen molar-refractivity contribution < 1.29 is 13.9 Å². The van der Waals surface area contributed by atoms with Gasteiger partial charge >= 0.3 is 5.63 Å². The molecule has 0 saturated heterocycles. The van der Waals surface area contributed by atoms with Crippen molar-refractivity contribution in [1.29, 1.82) is 0 Å². The molecule has 0 spiro atoms. The molecule has 3 rings (SSSR count). The lowest BCUT2D eigenvalue weighted by molar-refractivity contribution is 0.424. The van der Waals surface area contributed by atoms with Crippen LogP contribution in [0, 0.1) is 6.92 Å². The van der Waals surface area contributed by atoms with Gasteiger partial charge in [-0.3, -0.25) is 0 Å². The van der Waals surface area contributed by atoms with E-state index in [0.717, 1.165) is 5.39 Å². The number of furan rings is 1. The predicted molar refractivity (Wildman–Crippen MR) is 80.7 cm³/mol. The fourth-order valence-electron chi connectivity index (χ4n) is 2.47. The molecule has 0 atom stereocenters. The summed E-state index contributed by atoms with van der Waals surface area (Å²) in [4.78, 5) is 12.1. The molecule has 108 valence electrons. The Morgan fingerprint density at radius 3 is 2.52 bits per heavy atom. The van der Waals surface area contributed by atoms with Gasteiger partial charge < -0.3 is 13.9 Å². The third kappa shape index (κ3) is 2.13. The quantitative estimate of drug-likeness (QED) is 0.766. The lowest BCUT2D eigenvalue weighted by atomic mass is 10.0. The van der Waals surface area contributed by atoms with Gasteiger partial charge in [-0.15, -0.1) is 0 Å². The number of rotatable bonds is 2. The van der Waals surface area contributed by atoms with Crippen LogP contribution in [-0.4, -0.2) is 5.11 Å². The van der Waals surface area contributed by atoms with E-state index in [4.69, 9.17) is 8.83 Å². The van der Waals surface area contributed by atoms with Gasteiger partial charge in [0.15, 0.2) is 11.5 Å². The van der Waals surface area contributed by atoms with Crippen molar-refractivity contribution in [2.45, 2.75) is 26.7 Å². The van der Waals surface area contributed by atoms with E-state index in [-0.39, 0.29) is 17.4 Å². The molecule has 0 radical (unpaired) electrons. The molecule has 4 heteroatoms. The fourth-order valence-corrected chi connectivity index (χ4v) is 2.47. The summed E-state index contributed by atoms with van der Waals surface area (Å²) in [5, 5.41) is 11.2. The minimum Gasteiger partial charge on any atom is -0.507 e. The highest BCUT2D eigenvalue weighted by molar-refractivity contribution is 5.82. The summed E-state index contributed by atoms with van der Waals surface area (Å²) in [7, 11) is 0. The minimum atomic E-state index is -0.524. The molecule has 3 aromatic rings. The second-order valence-corrected chi connectivity index (χ2v) is 5.41. The maximum Gasteiger partial charge on any atom is 0.343 e. The Bertz CT molecular complexity index is 835. The van der Waals surface area contributed by atoms with E-state index in [9.17, 15) is 9.90 Å². The van der Waals surface area contributed by atoms with Crippen LogP contribution < -0.4 is 5.63 Å². The molecule has 0 aliphatic rings. The van der Waals surface area contributed by atoms with Gasteiger partial charge in [0.2, 0.25) is 0 Å². The van der Waals surface area contributed by atoms with Gasteiger partial charge in [-0.1, -0.05) is 32.0 Å². The van der Waals surface area contributed by atoms with E-state index in [1.165, 1.54) is 0 Å². The normalized spacial score (nSPS) is 11.4. The summed E-state index contributed by atoms with van der Waals surface area (Å²) < 4.78 is 11.1. The number of hydrogen-bond acceptors (Lipinski definition) is 4. The van der Waals surface area contributed by atoms with E-state index in [1.54, 1.807) is 13.0 Å². The smallest absolute Gasteiger partial charge is 0.343 e. The molecule has 0 bridgehead atoms. The first-order chi connectivity index (χ1) is 9.99. The topological polar surface area (TPSA) is 63.6 Å². The second-order valence-electron chi connectivity index (χ2n) is 5.41. The van der Waals surface area contributed by atoms with Crippen molar-refractivity contribution in [2.24, 2.45) is 0 Å². The summed E-state index contributed by atoms with van der Waals surface area (Å²) in [5.41, 5.74) is 0.996. The van der Waals surface area contributed by atoms with Crippen molar-refractivity contribution in [3.05, 3.63) is 51.9 Å². The number of para-hydroxylation sites is 1. The molecule has 0 amide bonds. The monoisotopic (exact) mass is 284 g/mol. The zero-order valence-electron chi connectivity index (χ0n) is 12.1. The summed E-state index contributed by atoms with van der Waals surface area (Å²) in [6.07, 6.45) is 0. The molecular weight excluding hydrogens is 268 g/mol. The van der Waals surface area contributed by atoms with Crippen LogP contribution in [0.25, 0.3) is 22.5 Å². The summed E-state index contributed by atoms with van der Waals surface area (Å²) in [5.74, 6) is 0.593. The van der Waals surface area contributed by atoms with Gasteiger partial charge in [0, 0.05) is 10.9 Å². The zero-order valence-corrected chi connectivity index (χ0v) is 12.1. The van der Waals surface area contributed by atoms with E-state index in [2.05, 4.69) is 0 Å². The van der Waals surface area contributed by atoms with Crippen LogP contribution in [0.15, 0.2) is 44.0 Å². The van der Waals surface area contributed by atoms with Crippen LogP contribution in [-0.2, 0) is 0 Å². The van der Waals surface area contributed by atoms with Gasteiger partial charge in [0.1, 0.15) is 11.3 Å². The van der Waals surface area contributed by atoms with Crippen LogP contribution in [0.4, 0.5) is 0 Å². The third-order valence-electron chi connectivity index (χ3n) is 3.59. The Morgan fingerprint density at radius 2 is 1.86 bits per heavy atom. The Balaban J connectivity index is 2.25. The standard InChI is InChI=1S/C17H16O4/c1-9(2)14-15(18)10(3)16(21-17(14)19)13-8-11-6-4-5-7-12(11)20-13/h4-9,18H,1-3H3. The zero-order chi connectivity index (χ0) is 15.1. The van der Waals surface area contributed by atoms with Gasteiger partial charge in [-0.2, -0.15) is 0 Å².